The highest BCUT2D eigenvalue weighted by atomic mass is 35.5. The molecular weight excluding hydrogens is 252 g/mol. The van der Waals surface area contributed by atoms with Gasteiger partial charge in [0.1, 0.15) is 0 Å². The van der Waals surface area contributed by atoms with Gasteiger partial charge in [0.15, 0.2) is 0 Å². The number of hydrogen-bond donors (Lipinski definition) is 1. The van der Waals surface area contributed by atoms with Crippen LogP contribution >= 0.6 is 22.9 Å². The van der Waals surface area contributed by atoms with Crippen molar-refractivity contribution in [1.82, 2.24) is 9.88 Å². The van der Waals surface area contributed by atoms with Gasteiger partial charge in [0.25, 0.3) is 0 Å². The lowest BCUT2D eigenvalue weighted by Gasteiger charge is -2.09. The lowest BCUT2D eigenvalue weighted by Crippen LogP contribution is -2.17. The first kappa shape index (κ1) is 12.7. The molecular formula is C13H17ClN2S. The smallest absolute Gasteiger partial charge is 0.0931 e. The molecule has 92 valence electrons. The fourth-order valence-corrected chi connectivity index (χ4v) is 2.95. The Morgan fingerprint density at radius 3 is 2.88 bits per heavy atom. The average Bonchev–Trinajstić information content (AvgIpc) is 2.89. The zero-order chi connectivity index (χ0) is 12.3. The van der Waals surface area contributed by atoms with Gasteiger partial charge in [-0.15, -0.1) is 11.3 Å². The second kappa shape index (κ2) is 5.71. The summed E-state index contributed by atoms with van der Waals surface area (Å²) in [6.45, 7) is 6.20. The summed E-state index contributed by atoms with van der Waals surface area (Å²) in [4.78, 5) is 1.29. The molecule has 2 aromatic rings. The normalized spacial score (nSPS) is 12.9. The SMILES string of the molecule is CCNC(C)c1ccn(Cc2ccc(Cl)s2)c1. The van der Waals surface area contributed by atoms with E-state index in [1.165, 1.54) is 10.4 Å². The zero-order valence-electron chi connectivity index (χ0n) is 10.1. The van der Waals surface area contributed by atoms with Crippen molar-refractivity contribution in [2.24, 2.45) is 0 Å². The maximum Gasteiger partial charge on any atom is 0.0931 e. The van der Waals surface area contributed by atoms with E-state index in [0.29, 0.717) is 6.04 Å². The molecule has 0 saturated carbocycles. The number of nitrogens with zero attached hydrogens (tertiary/aromatic N) is 1. The topological polar surface area (TPSA) is 17.0 Å². The van der Waals surface area contributed by atoms with Gasteiger partial charge in [0, 0.05) is 23.3 Å². The molecule has 0 bridgehead atoms. The highest BCUT2D eigenvalue weighted by Gasteiger charge is 2.06. The molecule has 0 aliphatic heterocycles. The van der Waals surface area contributed by atoms with Gasteiger partial charge in [-0.25, -0.2) is 0 Å². The van der Waals surface area contributed by atoms with Crippen LogP contribution in [0.1, 0.15) is 30.3 Å². The van der Waals surface area contributed by atoms with Crippen LogP contribution in [-0.4, -0.2) is 11.1 Å². The fourth-order valence-electron chi connectivity index (χ4n) is 1.85. The van der Waals surface area contributed by atoms with Crippen LogP contribution in [0, 0.1) is 0 Å². The molecule has 2 nitrogen and oxygen atoms in total. The van der Waals surface area contributed by atoms with Gasteiger partial charge in [-0.05, 0) is 37.2 Å². The van der Waals surface area contributed by atoms with Crippen molar-refractivity contribution in [2.75, 3.05) is 6.54 Å². The van der Waals surface area contributed by atoms with Gasteiger partial charge in [-0.3, -0.25) is 0 Å². The molecule has 1 N–H and O–H groups in total. The highest BCUT2D eigenvalue weighted by molar-refractivity contribution is 7.16. The summed E-state index contributed by atoms with van der Waals surface area (Å²) in [6.07, 6.45) is 4.32. The van der Waals surface area contributed by atoms with Crippen LogP contribution in [-0.2, 0) is 6.54 Å². The molecule has 1 unspecified atom stereocenters. The number of thiophene rings is 1. The Bertz CT molecular complexity index is 475. The minimum absolute atomic E-state index is 0.410. The van der Waals surface area contributed by atoms with Crippen molar-refractivity contribution >= 4 is 22.9 Å². The highest BCUT2D eigenvalue weighted by Crippen LogP contribution is 2.22. The van der Waals surface area contributed by atoms with E-state index < -0.39 is 0 Å². The van der Waals surface area contributed by atoms with E-state index in [4.69, 9.17) is 11.6 Å². The van der Waals surface area contributed by atoms with Crippen LogP contribution in [0.2, 0.25) is 4.34 Å². The third kappa shape index (κ3) is 3.35. The van der Waals surface area contributed by atoms with Gasteiger partial charge in [0.05, 0.1) is 10.9 Å². The molecule has 4 heteroatoms. The predicted octanol–water partition coefficient (Wildman–Crippen LogP) is 3.92. The Morgan fingerprint density at radius 2 is 2.24 bits per heavy atom. The van der Waals surface area contributed by atoms with Crippen LogP contribution < -0.4 is 5.32 Å². The molecule has 0 spiro atoms. The van der Waals surface area contributed by atoms with Crippen molar-refractivity contribution in [1.29, 1.82) is 0 Å². The summed E-state index contributed by atoms with van der Waals surface area (Å²) in [6, 6.07) is 6.61. The molecule has 0 fully saturated rings. The minimum Gasteiger partial charge on any atom is -0.349 e. The predicted molar refractivity (Wildman–Crippen MR) is 75.0 cm³/mol. The lowest BCUT2D eigenvalue weighted by atomic mass is 10.2. The van der Waals surface area contributed by atoms with E-state index in [1.807, 2.05) is 6.07 Å². The average molecular weight is 269 g/mol. The van der Waals surface area contributed by atoms with E-state index in [9.17, 15) is 0 Å². The van der Waals surface area contributed by atoms with Gasteiger partial charge < -0.3 is 9.88 Å². The Hall–Kier alpha value is -0.770. The third-order valence-corrected chi connectivity index (χ3v) is 3.97. The quantitative estimate of drug-likeness (QED) is 0.870. The summed E-state index contributed by atoms with van der Waals surface area (Å²) >= 11 is 7.56. The number of nitrogens with one attached hydrogen (secondary N) is 1. The summed E-state index contributed by atoms with van der Waals surface area (Å²) < 4.78 is 3.05. The number of aromatic nitrogens is 1. The molecule has 0 saturated heterocycles. The maximum atomic E-state index is 5.92. The van der Waals surface area contributed by atoms with Crippen LogP contribution in [0.15, 0.2) is 30.6 Å². The molecule has 17 heavy (non-hydrogen) atoms. The second-order valence-electron chi connectivity index (χ2n) is 4.10. The lowest BCUT2D eigenvalue weighted by molar-refractivity contribution is 0.596. The van der Waals surface area contributed by atoms with Crippen molar-refractivity contribution in [3.05, 3.63) is 45.4 Å². The molecule has 0 aliphatic carbocycles. The molecule has 1 atom stereocenters. The third-order valence-electron chi connectivity index (χ3n) is 2.75. The molecule has 0 aliphatic rings. The number of halogens is 1. The van der Waals surface area contributed by atoms with E-state index >= 15 is 0 Å². The van der Waals surface area contributed by atoms with Crippen molar-refractivity contribution in [3.8, 4) is 0 Å². The van der Waals surface area contributed by atoms with Crippen molar-refractivity contribution < 1.29 is 0 Å². The molecule has 0 radical (unpaired) electrons. The fraction of sp³-hybridized carbons (Fsp3) is 0.385. The van der Waals surface area contributed by atoms with E-state index in [0.717, 1.165) is 17.4 Å². The van der Waals surface area contributed by atoms with Gasteiger partial charge >= 0.3 is 0 Å². The summed E-state index contributed by atoms with van der Waals surface area (Å²) in [5.74, 6) is 0. The Balaban J connectivity index is 2.03. The summed E-state index contributed by atoms with van der Waals surface area (Å²) in [5, 5.41) is 3.41. The van der Waals surface area contributed by atoms with Crippen LogP contribution in [0.25, 0.3) is 0 Å². The van der Waals surface area contributed by atoms with Gasteiger partial charge in [-0.1, -0.05) is 18.5 Å². The molecule has 2 aromatic heterocycles. The van der Waals surface area contributed by atoms with Crippen LogP contribution in [0.3, 0.4) is 0 Å². The Morgan fingerprint density at radius 1 is 1.41 bits per heavy atom. The van der Waals surface area contributed by atoms with E-state index in [2.05, 4.69) is 48.3 Å². The minimum atomic E-state index is 0.410. The Kier molecular flexibility index (Phi) is 4.26. The van der Waals surface area contributed by atoms with Crippen molar-refractivity contribution in [2.45, 2.75) is 26.4 Å². The van der Waals surface area contributed by atoms with Crippen LogP contribution in [0.4, 0.5) is 0 Å². The van der Waals surface area contributed by atoms with Crippen molar-refractivity contribution in [3.63, 3.8) is 0 Å². The van der Waals surface area contributed by atoms with Gasteiger partial charge in [-0.2, -0.15) is 0 Å². The number of rotatable bonds is 5. The largest absolute Gasteiger partial charge is 0.349 e. The van der Waals surface area contributed by atoms with E-state index in [1.54, 1.807) is 11.3 Å². The Labute approximate surface area is 111 Å². The standard InChI is InChI=1S/C13H17ClN2S/c1-3-15-10(2)11-6-7-16(8-11)9-12-4-5-13(14)17-12/h4-8,10,15H,3,9H2,1-2H3. The zero-order valence-corrected chi connectivity index (χ0v) is 11.7. The maximum absolute atomic E-state index is 5.92. The molecule has 2 rings (SSSR count). The monoisotopic (exact) mass is 268 g/mol. The van der Waals surface area contributed by atoms with E-state index in [-0.39, 0.29) is 0 Å². The first-order chi connectivity index (χ1) is 8.19. The van der Waals surface area contributed by atoms with Crippen LogP contribution in [0.5, 0.6) is 0 Å². The van der Waals surface area contributed by atoms with Gasteiger partial charge in [0.2, 0.25) is 0 Å². The second-order valence-corrected chi connectivity index (χ2v) is 5.90. The molecule has 2 heterocycles. The summed E-state index contributed by atoms with van der Waals surface area (Å²) in [5.41, 5.74) is 1.33. The first-order valence-electron chi connectivity index (χ1n) is 5.82. The molecule has 0 aromatic carbocycles. The number of hydrogen-bond acceptors (Lipinski definition) is 2. The first-order valence-corrected chi connectivity index (χ1v) is 7.01. The molecule has 0 amide bonds. The summed E-state index contributed by atoms with van der Waals surface area (Å²) in [7, 11) is 0.